The standard InChI is InChI=1S/C22H20ClF2N3O5/c1-10-3-6-15(33-2)14-9-27(10)22(32)18-20(30)19(29)12(8-28(14)18)21(31)26-7-11-4-5-13(24)16(23)17(11)25/h3-6,8,10,14-15,30H,7,9H2,1-2H3,(H,26,31)/t10-,14?,15+/m0/s1. The van der Waals surface area contributed by atoms with E-state index < -0.39 is 57.4 Å². The number of hydrogen-bond acceptors (Lipinski definition) is 5. The maximum atomic E-state index is 14.1. The Morgan fingerprint density at radius 2 is 2.03 bits per heavy atom. The second kappa shape index (κ2) is 8.60. The van der Waals surface area contributed by atoms with Gasteiger partial charge in [-0.3, -0.25) is 14.4 Å². The number of ether oxygens (including phenoxy) is 1. The van der Waals surface area contributed by atoms with Crippen LogP contribution in [0.2, 0.25) is 5.02 Å². The lowest BCUT2D eigenvalue weighted by Gasteiger charge is -2.38. The van der Waals surface area contributed by atoms with Crippen LogP contribution in [0, 0.1) is 11.6 Å². The summed E-state index contributed by atoms with van der Waals surface area (Å²) < 4.78 is 34.4. The molecule has 1 unspecified atom stereocenters. The number of hydrogen-bond donors (Lipinski definition) is 2. The molecule has 0 spiro atoms. The van der Waals surface area contributed by atoms with Gasteiger partial charge in [0.25, 0.3) is 11.8 Å². The fourth-order valence-electron chi connectivity index (χ4n) is 4.09. The summed E-state index contributed by atoms with van der Waals surface area (Å²) in [5.41, 5.74) is -1.81. The van der Waals surface area contributed by atoms with Gasteiger partial charge in [-0.15, -0.1) is 0 Å². The van der Waals surface area contributed by atoms with Crippen molar-refractivity contribution in [1.29, 1.82) is 0 Å². The summed E-state index contributed by atoms with van der Waals surface area (Å²) in [6.07, 6.45) is 4.28. The highest BCUT2D eigenvalue weighted by molar-refractivity contribution is 6.30. The lowest BCUT2D eigenvalue weighted by Crippen LogP contribution is -2.49. The zero-order valence-electron chi connectivity index (χ0n) is 17.6. The minimum atomic E-state index is -1.04. The van der Waals surface area contributed by atoms with Crippen molar-refractivity contribution in [2.45, 2.75) is 31.7 Å². The van der Waals surface area contributed by atoms with Crippen LogP contribution in [0.5, 0.6) is 5.75 Å². The Morgan fingerprint density at radius 1 is 1.30 bits per heavy atom. The van der Waals surface area contributed by atoms with Gasteiger partial charge in [-0.05, 0) is 13.0 Å². The van der Waals surface area contributed by atoms with Crippen LogP contribution in [0.25, 0.3) is 0 Å². The van der Waals surface area contributed by atoms with E-state index in [1.165, 1.54) is 22.8 Å². The monoisotopic (exact) mass is 479 g/mol. The molecule has 2 N–H and O–H groups in total. The highest BCUT2D eigenvalue weighted by Crippen LogP contribution is 2.33. The minimum absolute atomic E-state index is 0.0924. The summed E-state index contributed by atoms with van der Waals surface area (Å²) in [7, 11) is 1.49. The van der Waals surface area contributed by atoms with Gasteiger partial charge in [-0.2, -0.15) is 0 Å². The number of carbonyl (C=O) groups is 2. The van der Waals surface area contributed by atoms with Gasteiger partial charge in [-0.1, -0.05) is 29.8 Å². The molecule has 1 aromatic heterocycles. The maximum Gasteiger partial charge on any atom is 0.275 e. The first-order chi connectivity index (χ1) is 15.6. The summed E-state index contributed by atoms with van der Waals surface area (Å²) in [5.74, 6) is -4.30. The van der Waals surface area contributed by atoms with E-state index in [0.29, 0.717) is 0 Å². The maximum absolute atomic E-state index is 14.1. The average molecular weight is 480 g/mol. The quantitative estimate of drug-likeness (QED) is 0.518. The van der Waals surface area contributed by atoms with Crippen LogP contribution in [0.1, 0.15) is 39.4 Å². The number of methoxy groups -OCH3 is 1. The molecule has 33 heavy (non-hydrogen) atoms. The van der Waals surface area contributed by atoms with Gasteiger partial charge >= 0.3 is 0 Å². The molecular formula is C22H20ClF2N3O5. The van der Waals surface area contributed by atoms with Crippen molar-refractivity contribution in [3.05, 3.63) is 74.2 Å². The van der Waals surface area contributed by atoms with Gasteiger partial charge < -0.3 is 24.6 Å². The molecule has 2 amide bonds. The number of rotatable bonds is 4. The van der Waals surface area contributed by atoms with E-state index in [-0.39, 0.29) is 30.4 Å². The highest BCUT2D eigenvalue weighted by Gasteiger charge is 2.41. The number of aromatic nitrogens is 1. The number of fused-ring (bicyclic) bond motifs is 4. The third-order valence-electron chi connectivity index (χ3n) is 5.94. The van der Waals surface area contributed by atoms with Gasteiger partial charge in [0.1, 0.15) is 22.2 Å². The van der Waals surface area contributed by atoms with Crippen LogP contribution in [-0.2, 0) is 11.3 Å². The van der Waals surface area contributed by atoms with Crippen molar-refractivity contribution in [3.8, 4) is 5.75 Å². The number of nitrogens with zero attached hydrogens (tertiary/aromatic N) is 2. The predicted octanol–water partition coefficient (Wildman–Crippen LogP) is 2.39. The van der Waals surface area contributed by atoms with E-state index in [0.717, 1.165) is 12.1 Å². The molecule has 2 bridgehead atoms. The number of pyridine rings is 1. The molecule has 0 saturated carbocycles. The van der Waals surface area contributed by atoms with E-state index in [1.54, 1.807) is 19.1 Å². The Hall–Kier alpha value is -3.24. The lowest BCUT2D eigenvalue weighted by atomic mass is 10.0. The van der Waals surface area contributed by atoms with Crippen molar-refractivity contribution < 1.29 is 28.2 Å². The van der Waals surface area contributed by atoms with E-state index in [4.69, 9.17) is 16.3 Å². The molecule has 1 aromatic carbocycles. The number of nitrogens with one attached hydrogen (secondary N) is 1. The smallest absolute Gasteiger partial charge is 0.275 e. The Bertz CT molecular complexity index is 1250. The van der Waals surface area contributed by atoms with Gasteiger partial charge in [0.2, 0.25) is 5.43 Å². The zero-order chi connectivity index (χ0) is 24.0. The molecule has 0 aliphatic carbocycles. The molecule has 0 fully saturated rings. The molecule has 2 aromatic rings. The Labute approximate surface area is 192 Å². The van der Waals surface area contributed by atoms with Crippen LogP contribution in [0.4, 0.5) is 8.78 Å². The predicted molar refractivity (Wildman–Crippen MR) is 114 cm³/mol. The molecule has 2 aliphatic rings. The molecular weight excluding hydrogens is 460 g/mol. The SMILES string of the molecule is CO[C@@H]1C=C[C@H](C)N2CC1n1cc(C(=O)NCc3ccc(F)c(Cl)c3F)c(=O)c(O)c1C2=O. The molecule has 0 radical (unpaired) electrons. The molecule has 2 aliphatic heterocycles. The van der Waals surface area contributed by atoms with Crippen molar-refractivity contribution >= 4 is 23.4 Å². The van der Waals surface area contributed by atoms with E-state index >= 15 is 0 Å². The topological polar surface area (TPSA) is 101 Å². The van der Waals surface area contributed by atoms with Crippen LogP contribution in [0.15, 0.2) is 35.3 Å². The summed E-state index contributed by atoms with van der Waals surface area (Å²) >= 11 is 5.55. The molecule has 8 nitrogen and oxygen atoms in total. The first kappa shape index (κ1) is 22.9. The van der Waals surface area contributed by atoms with Gasteiger partial charge in [-0.25, -0.2) is 8.78 Å². The Morgan fingerprint density at radius 3 is 2.73 bits per heavy atom. The third-order valence-corrected chi connectivity index (χ3v) is 6.28. The second-order valence-electron chi connectivity index (χ2n) is 7.84. The molecule has 4 rings (SSSR count). The van der Waals surface area contributed by atoms with Crippen LogP contribution < -0.4 is 10.7 Å². The number of benzene rings is 1. The number of carbonyl (C=O) groups excluding carboxylic acids is 2. The van der Waals surface area contributed by atoms with Gasteiger partial charge in [0, 0.05) is 38.0 Å². The van der Waals surface area contributed by atoms with Gasteiger partial charge in [0.05, 0.1) is 12.1 Å². The van der Waals surface area contributed by atoms with Crippen molar-refractivity contribution in [2.24, 2.45) is 0 Å². The Balaban J connectivity index is 1.71. The minimum Gasteiger partial charge on any atom is -0.503 e. The molecule has 3 atom stereocenters. The molecule has 11 heteroatoms. The lowest BCUT2D eigenvalue weighted by molar-refractivity contribution is 0.0435. The molecule has 3 heterocycles. The summed E-state index contributed by atoms with van der Waals surface area (Å²) in [5, 5.41) is 12.2. The largest absolute Gasteiger partial charge is 0.503 e. The number of amides is 2. The van der Waals surface area contributed by atoms with Crippen molar-refractivity contribution in [2.75, 3.05) is 13.7 Å². The summed E-state index contributed by atoms with van der Waals surface area (Å²) in [4.78, 5) is 40.0. The molecule has 174 valence electrons. The zero-order valence-corrected chi connectivity index (χ0v) is 18.4. The van der Waals surface area contributed by atoms with E-state index in [9.17, 15) is 28.3 Å². The Kier molecular flexibility index (Phi) is 5.98. The van der Waals surface area contributed by atoms with E-state index in [2.05, 4.69) is 5.32 Å². The fraction of sp³-hybridized carbons (Fsp3) is 0.318. The summed E-state index contributed by atoms with van der Waals surface area (Å²) in [6.45, 7) is 1.65. The number of aromatic hydroxyl groups is 1. The fourth-order valence-corrected chi connectivity index (χ4v) is 4.27. The van der Waals surface area contributed by atoms with Gasteiger partial charge in [0.15, 0.2) is 11.4 Å². The highest BCUT2D eigenvalue weighted by atomic mass is 35.5. The van der Waals surface area contributed by atoms with Crippen LogP contribution in [0.3, 0.4) is 0 Å². The molecule has 0 saturated heterocycles. The number of halogens is 3. The first-order valence-corrected chi connectivity index (χ1v) is 10.4. The normalized spacial score (nSPS) is 21.5. The summed E-state index contributed by atoms with van der Waals surface area (Å²) in [6, 6.07) is 1.28. The average Bonchev–Trinajstić information content (AvgIpc) is 2.94. The van der Waals surface area contributed by atoms with Crippen molar-refractivity contribution in [1.82, 2.24) is 14.8 Å². The third kappa shape index (κ3) is 3.79. The van der Waals surface area contributed by atoms with E-state index in [1.807, 2.05) is 0 Å². The first-order valence-electron chi connectivity index (χ1n) is 10.1. The van der Waals surface area contributed by atoms with Crippen LogP contribution in [-0.4, -0.2) is 52.2 Å². The van der Waals surface area contributed by atoms with Crippen molar-refractivity contribution in [3.63, 3.8) is 0 Å². The second-order valence-corrected chi connectivity index (χ2v) is 8.22. The van der Waals surface area contributed by atoms with Crippen LogP contribution >= 0.6 is 11.6 Å².